The van der Waals surface area contributed by atoms with Crippen molar-refractivity contribution in [3.63, 3.8) is 0 Å². The summed E-state index contributed by atoms with van der Waals surface area (Å²) in [6.07, 6.45) is 5.70. The summed E-state index contributed by atoms with van der Waals surface area (Å²) < 4.78 is 18.7. The average molecular weight is 377 g/mol. The zero-order chi connectivity index (χ0) is 19.3. The molecule has 0 aliphatic carbocycles. The first kappa shape index (κ1) is 18.6. The molecule has 0 unspecified atom stereocenters. The number of hydrogen-bond donors (Lipinski definition) is 0. The minimum absolute atomic E-state index is 0.193. The summed E-state index contributed by atoms with van der Waals surface area (Å²) in [5.41, 5.74) is 4.03. The van der Waals surface area contributed by atoms with Crippen molar-refractivity contribution in [3.05, 3.63) is 78.0 Å². The van der Waals surface area contributed by atoms with E-state index in [-0.39, 0.29) is 5.82 Å². The Hall–Kier alpha value is -2.79. The molecule has 4 rings (SSSR count). The van der Waals surface area contributed by atoms with Gasteiger partial charge in [-0.1, -0.05) is 24.3 Å². The summed E-state index contributed by atoms with van der Waals surface area (Å²) in [7, 11) is 1.68. The number of hydrogen-bond acceptors (Lipinski definition) is 4. The standard InChI is InChI=1S/C23H24FN3O/c1-28-21-7-3-2-6-20(21)23-22(25-12-13-26-23)18-5-4-14-27(16-18)15-17-8-10-19(24)11-9-17/h2-3,6-13,18H,4-5,14-16H2,1H3/t18-/m0/s1. The van der Waals surface area contributed by atoms with Crippen LogP contribution in [0.25, 0.3) is 11.3 Å². The Kier molecular flexibility index (Phi) is 5.63. The first-order chi connectivity index (χ1) is 13.7. The van der Waals surface area contributed by atoms with E-state index in [0.29, 0.717) is 5.92 Å². The molecule has 0 saturated carbocycles. The van der Waals surface area contributed by atoms with Gasteiger partial charge in [0, 0.05) is 37.0 Å². The van der Waals surface area contributed by atoms with Crippen molar-refractivity contribution in [1.82, 2.24) is 14.9 Å². The number of piperidine rings is 1. The van der Waals surface area contributed by atoms with Gasteiger partial charge >= 0.3 is 0 Å². The molecule has 0 bridgehead atoms. The van der Waals surface area contributed by atoms with Gasteiger partial charge in [0.05, 0.1) is 18.5 Å². The van der Waals surface area contributed by atoms with Gasteiger partial charge in [0.25, 0.3) is 0 Å². The largest absolute Gasteiger partial charge is 0.496 e. The molecular weight excluding hydrogens is 353 g/mol. The van der Waals surface area contributed by atoms with E-state index in [1.54, 1.807) is 19.5 Å². The summed E-state index contributed by atoms with van der Waals surface area (Å²) in [5.74, 6) is 0.923. The lowest BCUT2D eigenvalue weighted by Gasteiger charge is -2.33. The maximum absolute atomic E-state index is 13.2. The minimum atomic E-state index is -0.193. The third-order valence-corrected chi connectivity index (χ3v) is 5.30. The Labute approximate surface area is 165 Å². The molecule has 1 fully saturated rings. The van der Waals surface area contributed by atoms with Crippen LogP contribution < -0.4 is 4.74 Å². The maximum Gasteiger partial charge on any atom is 0.128 e. The first-order valence-electron chi connectivity index (χ1n) is 9.65. The molecule has 28 heavy (non-hydrogen) atoms. The molecule has 1 aliphatic rings. The van der Waals surface area contributed by atoms with Crippen LogP contribution in [0.5, 0.6) is 5.75 Å². The first-order valence-corrected chi connectivity index (χ1v) is 9.65. The Morgan fingerprint density at radius 3 is 2.68 bits per heavy atom. The summed E-state index contributed by atoms with van der Waals surface area (Å²) >= 11 is 0. The highest BCUT2D eigenvalue weighted by Gasteiger charge is 2.26. The van der Waals surface area contributed by atoms with Crippen molar-refractivity contribution < 1.29 is 9.13 Å². The minimum Gasteiger partial charge on any atom is -0.496 e. The lowest BCUT2D eigenvalue weighted by Crippen LogP contribution is -2.34. The summed E-state index contributed by atoms with van der Waals surface area (Å²) in [6.45, 7) is 2.78. The Balaban J connectivity index is 1.58. The second kappa shape index (κ2) is 8.48. The summed E-state index contributed by atoms with van der Waals surface area (Å²) in [4.78, 5) is 11.8. The normalized spacial score (nSPS) is 17.4. The third-order valence-electron chi connectivity index (χ3n) is 5.30. The van der Waals surface area contributed by atoms with Crippen molar-refractivity contribution in [2.75, 3.05) is 20.2 Å². The van der Waals surface area contributed by atoms with Gasteiger partial charge in [-0.2, -0.15) is 0 Å². The van der Waals surface area contributed by atoms with Crippen molar-refractivity contribution in [1.29, 1.82) is 0 Å². The van der Waals surface area contributed by atoms with Gasteiger partial charge in [-0.25, -0.2) is 4.39 Å². The van der Waals surface area contributed by atoms with Gasteiger partial charge in [0.1, 0.15) is 11.6 Å². The predicted molar refractivity (Wildman–Crippen MR) is 108 cm³/mol. The number of nitrogens with zero attached hydrogens (tertiary/aromatic N) is 3. The number of likely N-dealkylation sites (tertiary alicyclic amines) is 1. The van der Waals surface area contributed by atoms with Gasteiger partial charge in [0.2, 0.25) is 0 Å². The van der Waals surface area contributed by atoms with Gasteiger partial charge in [-0.15, -0.1) is 0 Å². The number of methoxy groups -OCH3 is 1. The van der Waals surface area contributed by atoms with Crippen LogP contribution in [0, 0.1) is 5.82 Å². The molecule has 1 saturated heterocycles. The quantitative estimate of drug-likeness (QED) is 0.648. The van der Waals surface area contributed by atoms with Crippen LogP contribution in [-0.2, 0) is 6.54 Å². The zero-order valence-corrected chi connectivity index (χ0v) is 16.0. The number of aromatic nitrogens is 2. The van der Waals surface area contributed by atoms with E-state index in [0.717, 1.165) is 60.7 Å². The Morgan fingerprint density at radius 2 is 1.86 bits per heavy atom. The topological polar surface area (TPSA) is 38.3 Å². The molecule has 1 atom stereocenters. The van der Waals surface area contributed by atoms with E-state index >= 15 is 0 Å². The van der Waals surface area contributed by atoms with E-state index in [1.807, 2.05) is 36.4 Å². The van der Waals surface area contributed by atoms with Crippen LogP contribution in [0.1, 0.15) is 30.0 Å². The highest BCUT2D eigenvalue weighted by atomic mass is 19.1. The van der Waals surface area contributed by atoms with Crippen LogP contribution in [0.2, 0.25) is 0 Å². The lowest BCUT2D eigenvalue weighted by molar-refractivity contribution is 0.198. The molecule has 144 valence electrons. The molecule has 0 radical (unpaired) electrons. The lowest BCUT2D eigenvalue weighted by atomic mass is 9.91. The molecule has 1 aliphatic heterocycles. The zero-order valence-electron chi connectivity index (χ0n) is 16.0. The molecule has 4 nitrogen and oxygen atoms in total. The van der Waals surface area contributed by atoms with Gasteiger partial charge in [-0.3, -0.25) is 14.9 Å². The Bertz CT molecular complexity index is 929. The van der Waals surface area contributed by atoms with Gasteiger partial charge < -0.3 is 4.74 Å². The molecule has 0 spiro atoms. The van der Waals surface area contributed by atoms with E-state index < -0.39 is 0 Å². The average Bonchev–Trinajstić information content (AvgIpc) is 2.75. The molecule has 0 N–H and O–H groups in total. The molecule has 2 heterocycles. The highest BCUT2D eigenvalue weighted by Crippen LogP contribution is 2.35. The molecule has 5 heteroatoms. The van der Waals surface area contributed by atoms with Crippen molar-refractivity contribution in [2.24, 2.45) is 0 Å². The molecule has 2 aromatic carbocycles. The highest BCUT2D eigenvalue weighted by molar-refractivity contribution is 5.69. The van der Waals surface area contributed by atoms with E-state index in [1.165, 1.54) is 12.1 Å². The van der Waals surface area contributed by atoms with E-state index in [4.69, 9.17) is 9.72 Å². The van der Waals surface area contributed by atoms with Crippen LogP contribution in [0.15, 0.2) is 60.9 Å². The molecule has 0 amide bonds. The van der Waals surface area contributed by atoms with Crippen LogP contribution >= 0.6 is 0 Å². The smallest absolute Gasteiger partial charge is 0.128 e. The number of halogens is 1. The van der Waals surface area contributed by atoms with Gasteiger partial charge in [-0.05, 0) is 49.2 Å². The van der Waals surface area contributed by atoms with Crippen molar-refractivity contribution >= 4 is 0 Å². The second-order valence-electron chi connectivity index (χ2n) is 7.19. The van der Waals surface area contributed by atoms with E-state index in [9.17, 15) is 4.39 Å². The summed E-state index contributed by atoms with van der Waals surface area (Å²) in [6, 6.07) is 14.7. The molecule has 1 aromatic heterocycles. The fourth-order valence-corrected chi connectivity index (χ4v) is 3.97. The number of para-hydroxylation sites is 1. The van der Waals surface area contributed by atoms with Crippen LogP contribution in [0.3, 0.4) is 0 Å². The maximum atomic E-state index is 13.2. The number of benzene rings is 2. The Morgan fingerprint density at radius 1 is 1.07 bits per heavy atom. The fraction of sp³-hybridized carbons (Fsp3) is 0.304. The van der Waals surface area contributed by atoms with E-state index in [2.05, 4.69) is 9.88 Å². The van der Waals surface area contributed by atoms with Crippen molar-refractivity contribution in [2.45, 2.75) is 25.3 Å². The number of rotatable bonds is 5. The van der Waals surface area contributed by atoms with Crippen molar-refractivity contribution in [3.8, 4) is 17.0 Å². The predicted octanol–water partition coefficient (Wildman–Crippen LogP) is 4.67. The monoisotopic (exact) mass is 377 g/mol. The second-order valence-corrected chi connectivity index (χ2v) is 7.19. The van der Waals surface area contributed by atoms with Crippen LogP contribution in [0.4, 0.5) is 4.39 Å². The van der Waals surface area contributed by atoms with Crippen LogP contribution in [-0.4, -0.2) is 35.1 Å². The molecule has 3 aromatic rings. The number of ether oxygens (including phenoxy) is 1. The fourth-order valence-electron chi connectivity index (χ4n) is 3.97. The summed E-state index contributed by atoms with van der Waals surface area (Å²) in [5, 5.41) is 0. The molecular formula is C23H24FN3O. The van der Waals surface area contributed by atoms with Gasteiger partial charge in [0.15, 0.2) is 0 Å². The third kappa shape index (κ3) is 4.04. The SMILES string of the molecule is COc1ccccc1-c1nccnc1[C@H]1CCCN(Cc2ccc(F)cc2)C1.